The number of ether oxygens (including phenoxy) is 1. The quantitative estimate of drug-likeness (QED) is 0.373. The summed E-state index contributed by atoms with van der Waals surface area (Å²) >= 11 is 0. The highest BCUT2D eigenvalue weighted by atomic mass is 16.5. The van der Waals surface area contributed by atoms with Crippen LogP contribution in [0.25, 0.3) is 11.0 Å². The molecule has 32 heavy (non-hydrogen) atoms. The molecule has 0 atom stereocenters. The Balaban J connectivity index is 1.33. The lowest BCUT2D eigenvalue weighted by Gasteiger charge is -2.11. The fraction of sp³-hybridized carbons (Fsp3) is 0.259. The van der Waals surface area contributed by atoms with Crippen LogP contribution in [-0.4, -0.2) is 28.6 Å². The molecule has 0 bridgehead atoms. The lowest BCUT2D eigenvalue weighted by Crippen LogP contribution is -2.28. The van der Waals surface area contributed by atoms with E-state index in [0.717, 1.165) is 41.1 Å². The van der Waals surface area contributed by atoms with Crippen LogP contribution < -0.4 is 10.1 Å². The average molecular weight is 428 g/mol. The van der Waals surface area contributed by atoms with Crippen molar-refractivity contribution >= 4 is 16.9 Å². The number of imidazole rings is 1. The number of rotatable bonds is 10. The normalized spacial score (nSPS) is 10.9. The minimum atomic E-state index is 0.0327. The molecule has 0 fully saturated rings. The van der Waals surface area contributed by atoms with Crippen molar-refractivity contribution in [1.82, 2.24) is 14.9 Å². The number of nitrogens with one attached hydrogen (secondary N) is 1. The van der Waals surface area contributed by atoms with Crippen LogP contribution in [0.3, 0.4) is 0 Å². The molecular formula is C27H29N3O2. The molecule has 0 spiro atoms. The minimum absolute atomic E-state index is 0.0327. The molecule has 0 aliphatic heterocycles. The number of aryl methyl sites for hydroxylation is 2. The van der Waals surface area contributed by atoms with E-state index in [1.165, 1.54) is 5.56 Å². The van der Waals surface area contributed by atoms with Gasteiger partial charge in [0, 0.05) is 19.5 Å². The number of fused-ring (bicyclic) bond motifs is 1. The monoisotopic (exact) mass is 427 g/mol. The van der Waals surface area contributed by atoms with E-state index < -0.39 is 0 Å². The van der Waals surface area contributed by atoms with Gasteiger partial charge in [0.1, 0.15) is 11.6 Å². The zero-order chi connectivity index (χ0) is 22.2. The smallest absolute Gasteiger partial charge is 0.224 e. The molecule has 0 aliphatic carbocycles. The predicted molar refractivity (Wildman–Crippen MR) is 128 cm³/mol. The van der Waals surface area contributed by atoms with Crippen molar-refractivity contribution < 1.29 is 9.53 Å². The predicted octanol–water partition coefficient (Wildman–Crippen LogP) is 4.72. The molecule has 5 nitrogen and oxygen atoms in total. The van der Waals surface area contributed by atoms with Crippen LogP contribution in [0.1, 0.15) is 23.4 Å². The average Bonchev–Trinajstić information content (AvgIpc) is 3.16. The summed E-state index contributed by atoms with van der Waals surface area (Å²) in [5, 5.41) is 3.03. The third-order valence-corrected chi connectivity index (χ3v) is 5.43. The molecule has 1 aromatic heterocycles. The molecule has 1 amide bonds. The van der Waals surface area contributed by atoms with Crippen molar-refractivity contribution in [2.24, 2.45) is 0 Å². The first-order chi connectivity index (χ1) is 15.7. The van der Waals surface area contributed by atoms with Crippen LogP contribution in [-0.2, 0) is 24.2 Å². The molecule has 0 radical (unpaired) electrons. The molecule has 0 saturated carbocycles. The van der Waals surface area contributed by atoms with Crippen molar-refractivity contribution in [1.29, 1.82) is 0 Å². The summed E-state index contributed by atoms with van der Waals surface area (Å²) in [5.41, 5.74) is 4.35. The van der Waals surface area contributed by atoms with Gasteiger partial charge < -0.3 is 14.6 Å². The van der Waals surface area contributed by atoms with E-state index in [9.17, 15) is 4.79 Å². The Morgan fingerprint density at radius 1 is 0.969 bits per heavy atom. The highest BCUT2D eigenvalue weighted by Gasteiger charge is 2.11. The van der Waals surface area contributed by atoms with Gasteiger partial charge in [0.05, 0.1) is 24.1 Å². The van der Waals surface area contributed by atoms with Crippen molar-refractivity contribution in [2.75, 3.05) is 13.2 Å². The third kappa shape index (κ3) is 5.76. The summed E-state index contributed by atoms with van der Waals surface area (Å²) in [5.74, 6) is 1.92. The number of para-hydroxylation sites is 2. The third-order valence-electron chi connectivity index (χ3n) is 5.43. The number of aromatic nitrogens is 2. The van der Waals surface area contributed by atoms with Gasteiger partial charge in [-0.1, -0.05) is 60.2 Å². The topological polar surface area (TPSA) is 56.1 Å². The number of benzene rings is 3. The molecule has 0 aliphatic rings. The van der Waals surface area contributed by atoms with Crippen LogP contribution in [0.5, 0.6) is 5.75 Å². The van der Waals surface area contributed by atoms with E-state index in [2.05, 4.69) is 35.0 Å². The van der Waals surface area contributed by atoms with Crippen LogP contribution >= 0.6 is 0 Å². The fourth-order valence-corrected chi connectivity index (χ4v) is 3.77. The summed E-state index contributed by atoms with van der Waals surface area (Å²) in [6.07, 6.45) is 1.96. The molecule has 0 unspecified atom stereocenters. The first kappa shape index (κ1) is 21.6. The van der Waals surface area contributed by atoms with Crippen LogP contribution in [0.4, 0.5) is 0 Å². The van der Waals surface area contributed by atoms with E-state index in [1.807, 2.05) is 60.7 Å². The van der Waals surface area contributed by atoms with Gasteiger partial charge >= 0.3 is 0 Å². The van der Waals surface area contributed by atoms with Crippen LogP contribution in [0, 0.1) is 6.92 Å². The lowest BCUT2D eigenvalue weighted by molar-refractivity contribution is -0.120. The number of amides is 1. The second kappa shape index (κ2) is 10.6. The van der Waals surface area contributed by atoms with Crippen LogP contribution in [0.2, 0.25) is 0 Å². The molecule has 3 aromatic carbocycles. The SMILES string of the molecule is Cc1ccc(OCCCn2c(CCNC(=O)Cc3ccccc3)nc3ccccc32)cc1. The zero-order valence-corrected chi connectivity index (χ0v) is 18.5. The highest BCUT2D eigenvalue weighted by molar-refractivity contribution is 5.78. The fourth-order valence-electron chi connectivity index (χ4n) is 3.77. The number of nitrogens with zero attached hydrogens (tertiary/aromatic N) is 2. The molecule has 4 aromatic rings. The molecule has 5 heteroatoms. The molecule has 1 heterocycles. The zero-order valence-electron chi connectivity index (χ0n) is 18.5. The van der Waals surface area contributed by atoms with Crippen molar-refractivity contribution in [3.63, 3.8) is 0 Å². The summed E-state index contributed by atoms with van der Waals surface area (Å²) in [6, 6.07) is 26.1. The van der Waals surface area contributed by atoms with Gasteiger partial charge in [0.2, 0.25) is 5.91 Å². The molecule has 4 rings (SSSR count). The van der Waals surface area contributed by atoms with Gasteiger partial charge in [0.15, 0.2) is 0 Å². The minimum Gasteiger partial charge on any atom is -0.494 e. The van der Waals surface area contributed by atoms with Crippen molar-refractivity contribution in [3.8, 4) is 5.75 Å². The Morgan fingerprint density at radius 3 is 2.53 bits per heavy atom. The van der Waals surface area contributed by atoms with Gasteiger partial charge in [-0.3, -0.25) is 4.79 Å². The number of carbonyl (C=O) groups excluding carboxylic acids is 1. The molecular weight excluding hydrogens is 398 g/mol. The summed E-state index contributed by atoms with van der Waals surface area (Å²) in [4.78, 5) is 17.1. The van der Waals surface area contributed by atoms with E-state index in [0.29, 0.717) is 26.0 Å². The lowest BCUT2D eigenvalue weighted by atomic mass is 10.1. The van der Waals surface area contributed by atoms with Crippen LogP contribution in [0.15, 0.2) is 78.9 Å². The van der Waals surface area contributed by atoms with Gasteiger partial charge in [-0.2, -0.15) is 0 Å². The Kier molecular flexibility index (Phi) is 7.18. The van der Waals surface area contributed by atoms with Gasteiger partial charge in [-0.05, 0) is 43.2 Å². The standard InChI is InChI=1S/C27H29N3O2/c1-21-12-14-23(15-13-21)32-19-7-18-30-25-11-6-5-10-24(25)29-26(30)16-17-28-27(31)20-22-8-3-2-4-9-22/h2-6,8-15H,7,16-20H2,1H3,(H,28,31). The van der Waals surface area contributed by atoms with Crippen molar-refractivity contribution in [3.05, 3.63) is 95.8 Å². The Bertz CT molecular complexity index is 1150. The maximum absolute atomic E-state index is 12.3. The first-order valence-corrected chi connectivity index (χ1v) is 11.1. The van der Waals surface area contributed by atoms with Crippen molar-refractivity contribution in [2.45, 2.75) is 32.7 Å². The number of hydrogen-bond donors (Lipinski definition) is 1. The number of hydrogen-bond acceptors (Lipinski definition) is 3. The van der Waals surface area contributed by atoms with Gasteiger partial charge in [0.25, 0.3) is 0 Å². The van der Waals surface area contributed by atoms with Gasteiger partial charge in [-0.25, -0.2) is 4.98 Å². The summed E-state index contributed by atoms with van der Waals surface area (Å²) in [7, 11) is 0. The maximum atomic E-state index is 12.3. The molecule has 0 saturated heterocycles. The largest absolute Gasteiger partial charge is 0.494 e. The van der Waals surface area contributed by atoms with E-state index in [4.69, 9.17) is 9.72 Å². The second-order valence-electron chi connectivity index (χ2n) is 7.95. The van der Waals surface area contributed by atoms with E-state index in [-0.39, 0.29) is 5.91 Å². The number of carbonyl (C=O) groups is 1. The Hall–Kier alpha value is -3.60. The Labute approximate surface area is 189 Å². The van der Waals surface area contributed by atoms with Gasteiger partial charge in [-0.15, -0.1) is 0 Å². The summed E-state index contributed by atoms with van der Waals surface area (Å²) < 4.78 is 8.14. The van der Waals surface area contributed by atoms with E-state index >= 15 is 0 Å². The Morgan fingerprint density at radius 2 is 1.72 bits per heavy atom. The highest BCUT2D eigenvalue weighted by Crippen LogP contribution is 2.17. The molecule has 164 valence electrons. The molecule has 1 N–H and O–H groups in total. The second-order valence-corrected chi connectivity index (χ2v) is 7.95. The summed E-state index contributed by atoms with van der Waals surface area (Å²) in [6.45, 7) is 4.09. The van der Waals surface area contributed by atoms with E-state index in [1.54, 1.807) is 0 Å². The first-order valence-electron chi connectivity index (χ1n) is 11.1. The maximum Gasteiger partial charge on any atom is 0.224 e.